The van der Waals surface area contributed by atoms with Crippen molar-refractivity contribution in [3.8, 4) is 0 Å². The van der Waals surface area contributed by atoms with E-state index in [0.717, 1.165) is 0 Å². The maximum atomic E-state index is 2.00. The molecule has 2 nitrogen and oxygen atoms in total. The van der Waals surface area contributed by atoms with E-state index < -0.39 is 0 Å². The molecule has 2 heteroatoms. The van der Waals surface area contributed by atoms with Crippen molar-refractivity contribution in [2.75, 3.05) is 0 Å². The van der Waals surface area contributed by atoms with E-state index in [9.17, 15) is 0 Å². The lowest BCUT2D eigenvalue weighted by molar-refractivity contribution is 1.72. The third-order valence-corrected chi connectivity index (χ3v) is 0.667. The highest BCUT2D eigenvalue weighted by atomic mass is 14.0. The summed E-state index contributed by atoms with van der Waals surface area (Å²) >= 11 is 0. The average Bonchev–Trinajstić information content (AvgIpc) is 1.72. The highest BCUT2D eigenvalue weighted by molar-refractivity contribution is 4.99. The van der Waals surface area contributed by atoms with Gasteiger partial charge < -0.3 is 12.3 Å². The maximum absolute atomic E-state index is 2.00. The fourth-order valence-electron chi connectivity index (χ4n) is 0.385. The van der Waals surface area contributed by atoms with Crippen LogP contribution in [-0.4, -0.2) is 0 Å². The van der Waals surface area contributed by atoms with Crippen molar-refractivity contribution in [3.05, 3.63) is 36.4 Å². The molecule has 0 saturated carbocycles. The van der Waals surface area contributed by atoms with Crippen LogP contribution in [-0.2, 0) is 0 Å². The van der Waals surface area contributed by atoms with Crippen LogP contribution in [0, 0.1) is 0 Å². The summed E-state index contributed by atoms with van der Waals surface area (Å²) in [6.45, 7) is 0. The summed E-state index contributed by atoms with van der Waals surface area (Å²) in [7, 11) is 0. The monoisotopic (exact) mass is 112 g/mol. The van der Waals surface area contributed by atoms with Gasteiger partial charge in [-0.2, -0.15) is 0 Å². The molecule has 0 saturated heterocycles. The number of benzene rings is 1. The molecule has 0 atom stereocenters. The Balaban J connectivity index is 0. The van der Waals surface area contributed by atoms with Gasteiger partial charge in [0, 0.05) is 0 Å². The van der Waals surface area contributed by atoms with Gasteiger partial charge in [-0.3, -0.25) is 0 Å². The zero-order valence-corrected chi connectivity index (χ0v) is 4.88. The second kappa shape index (κ2) is 6.14. The molecule has 46 valence electrons. The second-order valence-electron chi connectivity index (χ2n) is 1.15. The average molecular weight is 112 g/mol. The first-order valence-electron chi connectivity index (χ1n) is 2.00. The molecule has 0 spiro atoms. The number of hydrogen-bond donors (Lipinski definition) is 2. The minimum absolute atomic E-state index is 0. The lowest BCUT2D eigenvalue weighted by Gasteiger charge is -1.69. The van der Waals surface area contributed by atoms with Crippen LogP contribution in [0.25, 0.3) is 0 Å². The van der Waals surface area contributed by atoms with Crippen molar-refractivity contribution in [2.45, 2.75) is 0 Å². The Labute approximate surface area is 49.7 Å². The Morgan fingerprint density at radius 3 is 0.625 bits per heavy atom. The first kappa shape index (κ1) is 10.2. The zero-order valence-electron chi connectivity index (χ0n) is 4.88. The Bertz CT molecular complexity index is 78.5. The Morgan fingerprint density at radius 1 is 0.375 bits per heavy atom. The number of rotatable bonds is 0. The van der Waals surface area contributed by atoms with Gasteiger partial charge in [0.25, 0.3) is 0 Å². The SMILES string of the molecule is N.N.c1ccccc1. The molecule has 6 N–H and O–H groups in total. The standard InChI is InChI=1S/C6H6.2H3N/c1-2-4-6-5-3-1;;/h1-6H;2*1H3. The van der Waals surface area contributed by atoms with Crippen molar-refractivity contribution in [1.82, 2.24) is 12.3 Å². The molecule has 0 fully saturated rings. The van der Waals surface area contributed by atoms with Crippen molar-refractivity contribution in [1.29, 1.82) is 0 Å². The van der Waals surface area contributed by atoms with E-state index in [4.69, 9.17) is 0 Å². The van der Waals surface area contributed by atoms with Crippen LogP contribution in [0.4, 0.5) is 0 Å². The second-order valence-corrected chi connectivity index (χ2v) is 1.15. The van der Waals surface area contributed by atoms with Gasteiger partial charge in [-0.25, -0.2) is 0 Å². The molecular formula is C6H12N2. The van der Waals surface area contributed by atoms with Crippen molar-refractivity contribution >= 4 is 0 Å². The highest BCUT2D eigenvalue weighted by Crippen LogP contribution is 1.79. The smallest absolute Gasteiger partial charge is 0.0623 e. The van der Waals surface area contributed by atoms with Gasteiger partial charge in [0.1, 0.15) is 0 Å². The van der Waals surface area contributed by atoms with Gasteiger partial charge >= 0.3 is 0 Å². The van der Waals surface area contributed by atoms with E-state index in [1.165, 1.54) is 0 Å². The lowest BCUT2D eigenvalue weighted by Crippen LogP contribution is -1.47. The summed E-state index contributed by atoms with van der Waals surface area (Å²) in [5.41, 5.74) is 0. The molecule has 0 amide bonds. The molecule has 0 unspecified atom stereocenters. The van der Waals surface area contributed by atoms with Gasteiger partial charge in [-0.05, 0) is 0 Å². The van der Waals surface area contributed by atoms with Crippen molar-refractivity contribution in [3.63, 3.8) is 0 Å². The highest BCUT2D eigenvalue weighted by Gasteiger charge is 1.57. The fourth-order valence-corrected chi connectivity index (χ4v) is 0.385. The quantitative estimate of drug-likeness (QED) is 0.539. The third kappa shape index (κ3) is 3.33. The molecule has 0 aliphatic carbocycles. The van der Waals surface area contributed by atoms with Crippen LogP contribution in [0.15, 0.2) is 36.4 Å². The number of hydrogen-bond acceptors (Lipinski definition) is 2. The third-order valence-electron chi connectivity index (χ3n) is 0.667. The summed E-state index contributed by atoms with van der Waals surface area (Å²) in [6.07, 6.45) is 0. The van der Waals surface area contributed by atoms with Gasteiger partial charge in [-0.1, -0.05) is 36.4 Å². The lowest BCUT2D eigenvalue weighted by atomic mass is 10.4. The zero-order chi connectivity index (χ0) is 4.24. The van der Waals surface area contributed by atoms with Gasteiger partial charge in [0.2, 0.25) is 0 Å². The van der Waals surface area contributed by atoms with Gasteiger partial charge in [0.15, 0.2) is 0 Å². The molecule has 0 bridgehead atoms. The Morgan fingerprint density at radius 2 is 0.500 bits per heavy atom. The molecule has 0 aliphatic rings. The van der Waals surface area contributed by atoms with E-state index in [1.54, 1.807) is 0 Å². The van der Waals surface area contributed by atoms with Crippen LogP contribution >= 0.6 is 0 Å². The molecule has 0 heterocycles. The Hall–Kier alpha value is -0.860. The topological polar surface area (TPSA) is 70.0 Å². The first-order valence-corrected chi connectivity index (χ1v) is 2.00. The molecule has 0 aliphatic heterocycles. The summed E-state index contributed by atoms with van der Waals surface area (Å²) in [5, 5.41) is 0. The summed E-state index contributed by atoms with van der Waals surface area (Å²) < 4.78 is 0. The molecule has 0 radical (unpaired) electrons. The normalized spacial score (nSPS) is 6.00. The minimum Gasteiger partial charge on any atom is -0.344 e. The van der Waals surface area contributed by atoms with E-state index in [0.29, 0.717) is 0 Å². The molecule has 1 aromatic carbocycles. The predicted molar refractivity (Wildman–Crippen MR) is 36.5 cm³/mol. The maximum Gasteiger partial charge on any atom is -0.0623 e. The molecular weight excluding hydrogens is 100 g/mol. The largest absolute Gasteiger partial charge is 0.344 e. The molecule has 1 rings (SSSR count). The van der Waals surface area contributed by atoms with Crippen molar-refractivity contribution < 1.29 is 0 Å². The fraction of sp³-hybridized carbons (Fsp3) is 0. The summed E-state index contributed by atoms with van der Waals surface area (Å²) in [4.78, 5) is 0. The van der Waals surface area contributed by atoms with Crippen LogP contribution in [0.2, 0.25) is 0 Å². The van der Waals surface area contributed by atoms with Gasteiger partial charge in [0.05, 0.1) is 0 Å². The summed E-state index contributed by atoms with van der Waals surface area (Å²) in [5.74, 6) is 0. The Kier molecular flexibility index (Phi) is 7.82. The summed E-state index contributed by atoms with van der Waals surface area (Å²) in [6, 6.07) is 12.0. The van der Waals surface area contributed by atoms with E-state index in [2.05, 4.69) is 0 Å². The van der Waals surface area contributed by atoms with Crippen LogP contribution < -0.4 is 12.3 Å². The molecule has 0 aromatic heterocycles. The first-order chi connectivity index (χ1) is 3.00. The minimum atomic E-state index is 0. The van der Waals surface area contributed by atoms with E-state index in [-0.39, 0.29) is 12.3 Å². The van der Waals surface area contributed by atoms with Crippen LogP contribution in [0.3, 0.4) is 0 Å². The van der Waals surface area contributed by atoms with E-state index >= 15 is 0 Å². The van der Waals surface area contributed by atoms with Crippen LogP contribution in [0.5, 0.6) is 0 Å². The van der Waals surface area contributed by atoms with Crippen LogP contribution in [0.1, 0.15) is 0 Å². The molecule has 1 aromatic rings. The predicted octanol–water partition coefficient (Wildman–Crippen LogP) is 2.01. The van der Waals surface area contributed by atoms with Gasteiger partial charge in [-0.15, -0.1) is 0 Å². The molecule has 8 heavy (non-hydrogen) atoms. The van der Waals surface area contributed by atoms with E-state index in [1.807, 2.05) is 36.4 Å². The van der Waals surface area contributed by atoms with Crippen molar-refractivity contribution in [2.24, 2.45) is 0 Å².